The molecule has 6 N–H and O–H groups in total. The highest BCUT2D eigenvalue weighted by Gasteiger charge is 2.46. The summed E-state index contributed by atoms with van der Waals surface area (Å²) in [5, 5.41) is 55.0. The third-order valence-electron chi connectivity index (χ3n) is 10.7. The summed E-state index contributed by atoms with van der Waals surface area (Å²) in [6.07, 6.45) is -6.26. The first kappa shape index (κ1) is 43.9. The molecule has 0 spiro atoms. The molecule has 1 aliphatic rings. The predicted molar refractivity (Wildman–Crippen MR) is 205 cm³/mol. The van der Waals surface area contributed by atoms with Gasteiger partial charge in [0.1, 0.15) is 37.1 Å². The predicted octanol–water partition coefficient (Wildman–Crippen LogP) is 4.77. The van der Waals surface area contributed by atoms with E-state index in [-0.39, 0.29) is 55.3 Å². The van der Waals surface area contributed by atoms with Gasteiger partial charge in [-0.3, -0.25) is 4.90 Å². The highest BCUT2D eigenvalue weighted by atomic mass is 28.4. The van der Waals surface area contributed by atoms with Crippen LogP contribution >= 0.6 is 0 Å². The number of carboxylic acids is 1. The van der Waals surface area contributed by atoms with Gasteiger partial charge in [-0.1, -0.05) is 90.1 Å². The number of carbonyl (C=O) groups is 3. The summed E-state index contributed by atoms with van der Waals surface area (Å²) in [4.78, 5) is 40.0. The number of fused-ring (bicyclic) bond motifs is 3. The van der Waals surface area contributed by atoms with Crippen LogP contribution in [0.2, 0.25) is 16.6 Å². The monoisotopic (exact) mass is 759 g/mol. The van der Waals surface area contributed by atoms with Gasteiger partial charge in [-0.15, -0.1) is 0 Å². The Kier molecular flexibility index (Phi) is 16.3. The molecule has 0 heterocycles. The molecule has 0 saturated carbocycles. The van der Waals surface area contributed by atoms with Gasteiger partial charge in [0, 0.05) is 26.6 Å². The molecule has 13 nitrogen and oxygen atoms in total. The quantitative estimate of drug-likeness (QED) is 0.0811. The molecule has 0 radical (unpaired) electrons. The van der Waals surface area contributed by atoms with Crippen LogP contribution in [-0.2, 0) is 14.0 Å². The van der Waals surface area contributed by atoms with Gasteiger partial charge in [-0.25, -0.2) is 14.4 Å². The average Bonchev–Trinajstić information content (AvgIpc) is 3.43. The molecule has 0 saturated heterocycles. The normalized spacial score (nSPS) is 15.8. The number of rotatable bonds is 20. The highest BCUT2D eigenvalue weighted by Crippen LogP contribution is 2.45. The van der Waals surface area contributed by atoms with Crippen LogP contribution in [0.1, 0.15) is 77.8 Å². The number of aliphatic hydroxyl groups excluding tert-OH is 4. The minimum absolute atomic E-state index is 0.0691. The van der Waals surface area contributed by atoms with E-state index in [0.29, 0.717) is 12.8 Å². The zero-order chi connectivity index (χ0) is 39.6. The lowest BCUT2D eigenvalue weighted by molar-refractivity contribution is -0.142. The Morgan fingerprint density at radius 2 is 1.30 bits per heavy atom. The molecule has 3 rings (SSSR count). The number of hydrogen-bond acceptors (Lipinski definition) is 9. The number of hydrogen-bond donors (Lipinski definition) is 6. The standard InChI is InChI=1S/C39H61N3O10Si/c1-24(2)53(25(3)4,26(5)6)52-23-34(44)36(46)35(45)33(43)21-41(7)38(49)40-20-14-13-19-32(37(47)48)42(8)39(50)51-22-31-29-17-11-9-15-27(29)28-16-10-12-18-30(28)31/h9-12,15-18,24-26,31-36,43-46H,13-14,19-23H2,1-8H3,(H,40,49)(H,47,48)/t32-,33-,34+,35+,36+/m0/s1. The molecule has 5 atom stereocenters. The molecule has 2 aromatic carbocycles. The summed E-state index contributed by atoms with van der Waals surface area (Å²) < 4.78 is 12.0. The van der Waals surface area contributed by atoms with Gasteiger partial charge in [0.15, 0.2) is 8.32 Å². The second-order valence-corrected chi connectivity index (χ2v) is 20.6. The number of aliphatic hydroxyl groups is 4. The number of nitrogens with one attached hydrogen (secondary N) is 1. The van der Waals surface area contributed by atoms with E-state index >= 15 is 0 Å². The van der Waals surface area contributed by atoms with Gasteiger partial charge < -0.3 is 44.9 Å². The van der Waals surface area contributed by atoms with E-state index in [2.05, 4.69) is 46.9 Å². The zero-order valence-electron chi connectivity index (χ0n) is 32.4. The highest BCUT2D eigenvalue weighted by molar-refractivity contribution is 6.77. The van der Waals surface area contributed by atoms with E-state index in [9.17, 15) is 39.9 Å². The van der Waals surface area contributed by atoms with Crippen LogP contribution in [0.3, 0.4) is 0 Å². The molecular weight excluding hydrogens is 699 g/mol. The van der Waals surface area contributed by atoms with Crippen LogP contribution in [-0.4, -0.2) is 133 Å². The second-order valence-electron chi connectivity index (χ2n) is 15.1. The largest absolute Gasteiger partial charge is 0.480 e. The molecule has 53 heavy (non-hydrogen) atoms. The van der Waals surface area contributed by atoms with Crippen LogP contribution in [0.15, 0.2) is 48.5 Å². The third-order valence-corrected chi connectivity index (χ3v) is 16.8. The summed E-state index contributed by atoms with van der Waals surface area (Å²) in [6.45, 7) is 12.3. The van der Waals surface area contributed by atoms with Crippen molar-refractivity contribution in [3.63, 3.8) is 0 Å². The Bertz CT molecular complexity index is 1440. The summed E-state index contributed by atoms with van der Waals surface area (Å²) in [6, 6.07) is 14.2. The maximum atomic E-state index is 13.0. The second kappa shape index (κ2) is 19.7. The Hall–Kier alpha value is -3.53. The molecule has 0 unspecified atom stereocenters. The minimum Gasteiger partial charge on any atom is -0.480 e. The summed E-state index contributed by atoms with van der Waals surface area (Å²) >= 11 is 0. The summed E-state index contributed by atoms with van der Waals surface area (Å²) in [5.41, 5.74) is 5.04. The summed E-state index contributed by atoms with van der Waals surface area (Å²) in [5.74, 6) is -1.33. The van der Waals surface area contributed by atoms with Crippen molar-refractivity contribution in [3.8, 4) is 11.1 Å². The lowest BCUT2D eigenvalue weighted by Crippen LogP contribution is -2.53. The number of aliphatic carboxylic acids is 1. The number of carbonyl (C=O) groups excluding carboxylic acids is 2. The Balaban J connectivity index is 1.42. The molecule has 296 valence electrons. The Morgan fingerprint density at radius 3 is 1.81 bits per heavy atom. The number of unbranched alkanes of at least 4 members (excludes halogenated alkanes) is 1. The molecule has 14 heteroatoms. The van der Waals surface area contributed by atoms with E-state index in [1.165, 1.54) is 14.1 Å². The number of nitrogens with zero attached hydrogens (tertiary/aromatic N) is 2. The number of urea groups is 1. The van der Waals surface area contributed by atoms with Crippen molar-refractivity contribution < 1.29 is 49.1 Å². The maximum Gasteiger partial charge on any atom is 0.410 e. The molecule has 0 aliphatic heterocycles. The molecule has 0 fully saturated rings. The van der Waals surface area contributed by atoms with Gasteiger partial charge in [0.05, 0.1) is 13.2 Å². The third kappa shape index (κ3) is 10.6. The lowest BCUT2D eigenvalue weighted by atomic mass is 9.98. The van der Waals surface area contributed by atoms with Crippen LogP contribution in [0.5, 0.6) is 0 Å². The zero-order valence-corrected chi connectivity index (χ0v) is 33.4. The van der Waals surface area contributed by atoms with E-state index < -0.39 is 56.9 Å². The van der Waals surface area contributed by atoms with E-state index in [0.717, 1.165) is 32.1 Å². The fourth-order valence-corrected chi connectivity index (χ4v) is 13.3. The topological polar surface area (TPSA) is 189 Å². The molecule has 2 aromatic rings. The fourth-order valence-electron chi connectivity index (χ4n) is 7.85. The maximum absolute atomic E-state index is 13.0. The summed E-state index contributed by atoms with van der Waals surface area (Å²) in [7, 11) is 0.472. The van der Waals surface area contributed by atoms with Crippen molar-refractivity contribution >= 4 is 26.4 Å². The van der Waals surface area contributed by atoms with Crippen molar-refractivity contribution in [1.29, 1.82) is 0 Å². The first-order valence-electron chi connectivity index (χ1n) is 18.6. The van der Waals surface area contributed by atoms with E-state index in [1.807, 2.05) is 48.5 Å². The fraction of sp³-hybridized carbons (Fsp3) is 0.615. The van der Waals surface area contributed by atoms with Crippen LogP contribution < -0.4 is 5.32 Å². The minimum atomic E-state index is -2.34. The van der Waals surface area contributed by atoms with Crippen LogP contribution in [0.25, 0.3) is 11.1 Å². The number of carboxylic acid groups (broad SMARTS) is 1. The molecule has 3 amide bonds. The van der Waals surface area contributed by atoms with Crippen molar-refractivity contribution in [1.82, 2.24) is 15.1 Å². The Labute approximate surface area is 315 Å². The van der Waals surface area contributed by atoms with Crippen molar-refractivity contribution in [2.45, 2.75) is 114 Å². The Morgan fingerprint density at radius 1 is 0.792 bits per heavy atom. The average molecular weight is 760 g/mol. The van der Waals surface area contributed by atoms with Crippen molar-refractivity contribution in [2.24, 2.45) is 0 Å². The smallest absolute Gasteiger partial charge is 0.410 e. The van der Waals surface area contributed by atoms with Crippen molar-refractivity contribution in [2.75, 3.05) is 40.4 Å². The lowest BCUT2D eigenvalue weighted by Gasteiger charge is -2.43. The molecular formula is C39H61N3O10Si. The first-order chi connectivity index (χ1) is 24.9. The first-order valence-corrected chi connectivity index (χ1v) is 20.7. The van der Waals surface area contributed by atoms with E-state index in [4.69, 9.17) is 9.16 Å². The molecule has 1 aliphatic carbocycles. The van der Waals surface area contributed by atoms with Gasteiger partial charge >= 0.3 is 18.1 Å². The number of benzene rings is 2. The van der Waals surface area contributed by atoms with Gasteiger partial charge in [-0.05, 0) is 58.1 Å². The van der Waals surface area contributed by atoms with Crippen LogP contribution in [0.4, 0.5) is 9.59 Å². The number of ether oxygens (including phenoxy) is 1. The number of likely N-dealkylation sites (N-methyl/N-ethyl adjacent to an activating group) is 2. The van der Waals surface area contributed by atoms with E-state index in [1.54, 1.807) is 0 Å². The SMILES string of the molecule is CC(C)[Si](OC[C@@H](O)[C@@H](O)[C@H](O)[C@@H](O)CN(C)C(=O)NCCCC[C@@H](C(=O)O)N(C)C(=O)OCC1c2ccccc2-c2ccccc21)(C(C)C)C(C)C. The number of amides is 3. The van der Waals surface area contributed by atoms with Crippen molar-refractivity contribution in [3.05, 3.63) is 59.7 Å². The molecule has 0 bridgehead atoms. The van der Waals surface area contributed by atoms with Gasteiger partial charge in [0.2, 0.25) is 0 Å². The van der Waals surface area contributed by atoms with Crippen LogP contribution in [0, 0.1) is 0 Å². The molecule has 0 aromatic heterocycles. The van der Waals surface area contributed by atoms with Gasteiger partial charge in [-0.2, -0.15) is 0 Å². The van der Waals surface area contributed by atoms with Gasteiger partial charge in [0.25, 0.3) is 0 Å².